The van der Waals surface area contributed by atoms with Crippen molar-refractivity contribution < 1.29 is 14.3 Å². The van der Waals surface area contributed by atoms with E-state index in [-0.39, 0.29) is 5.91 Å². The van der Waals surface area contributed by atoms with Crippen molar-refractivity contribution in [1.29, 1.82) is 0 Å². The summed E-state index contributed by atoms with van der Waals surface area (Å²) in [4.78, 5) is 24.5. The third-order valence-corrected chi connectivity index (χ3v) is 5.13. The Kier molecular flexibility index (Phi) is 5.71. The summed E-state index contributed by atoms with van der Waals surface area (Å²) < 4.78 is 6.78. The molecule has 0 saturated heterocycles. The molecule has 0 atom stereocenters. The second kappa shape index (κ2) is 8.75. The number of nitrogens with zero attached hydrogens (tertiary/aromatic N) is 1. The average molecular weight is 413 g/mol. The van der Waals surface area contributed by atoms with Gasteiger partial charge < -0.3 is 9.30 Å². The van der Waals surface area contributed by atoms with Crippen LogP contribution in [-0.4, -0.2) is 23.6 Å². The third kappa shape index (κ3) is 4.43. The van der Waals surface area contributed by atoms with E-state index in [9.17, 15) is 9.59 Å². The highest BCUT2D eigenvalue weighted by Crippen LogP contribution is 2.22. The zero-order chi connectivity index (χ0) is 21.8. The smallest absolute Gasteiger partial charge is 0.337 e. The fourth-order valence-electron chi connectivity index (χ4n) is 3.47. The summed E-state index contributed by atoms with van der Waals surface area (Å²) in [5.41, 5.74) is 10.6. The molecule has 0 radical (unpaired) electrons. The Morgan fingerprint density at radius 3 is 2.39 bits per heavy atom. The number of hydrogen-bond donors (Lipinski definition) is 2. The molecule has 1 amide bonds. The van der Waals surface area contributed by atoms with Crippen LogP contribution in [0.1, 0.15) is 31.8 Å². The largest absolute Gasteiger partial charge is 0.465 e. The normalized spacial score (nSPS) is 10.6. The minimum atomic E-state index is -0.406. The first-order chi connectivity index (χ1) is 15.0. The van der Waals surface area contributed by atoms with Gasteiger partial charge in [0.1, 0.15) is 0 Å². The molecule has 2 N–H and O–H groups in total. The monoisotopic (exact) mass is 413 g/mol. The molecule has 0 saturated carbocycles. The molecule has 6 nitrogen and oxygen atoms in total. The topological polar surface area (TPSA) is 72.4 Å². The summed E-state index contributed by atoms with van der Waals surface area (Å²) in [5.74, 6) is -0.650. The van der Waals surface area contributed by atoms with Crippen molar-refractivity contribution >= 4 is 28.5 Å². The van der Waals surface area contributed by atoms with Crippen LogP contribution in [-0.2, 0) is 11.3 Å². The molecule has 0 aliphatic rings. The van der Waals surface area contributed by atoms with Crippen molar-refractivity contribution in [3.05, 3.63) is 101 Å². The second-order valence-corrected chi connectivity index (χ2v) is 7.32. The number of para-hydroxylation sites is 1. The molecule has 1 aromatic heterocycles. The lowest BCUT2D eigenvalue weighted by molar-refractivity contribution is 0.0600. The van der Waals surface area contributed by atoms with Crippen molar-refractivity contribution in [2.45, 2.75) is 13.5 Å². The second-order valence-electron chi connectivity index (χ2n) is 7.32. The SMILES string of the molecule is COC(=O)c1ccc(NNC(=O)c2cccc3ccn(Cc4ccc(C)cc4)c23)cc1. The quantitative estimate of drug-likeness (QED) is 0.360. The van der Waals surface area contributed by atoms with Crippen LogP contribution in [0.2, 0.25) is 0 Å². The number of methoxy groups -OCH3 is 1. The van der Waals surface area contributed by atoms with Crippen LogP contribution in [0.5, 0.6) is 0 Å². The first kappa shape index (κ1) is 20.2. The van der Waals surface area contributed by atoms with Crippen LogP contribution in [0.4, 0.5) is 5.69 Å². The zero-order valence-corrected chi connectivity index (χ0v) is 17.4. The van der Waals surface area contributed by atoms with Gasteiger partial charge in [-0.15, -0.1) is 0 Å². The van der Waals surface area contributed by atoms with E-state index in [1.54, 1.807) is 24.3 Å². The maximum atomic E-state index is 12.9. The molecule has 156 valence electrons. The number of hydrazine groups is 1. The fraction of sp³-hybridized carbons (Fsp3) is 0.120. The predicted molar refractivity (Wildman–Crippen MR) is 121 cm³/mol. The molecule has 3 aromatic carbocycles. The number of rotatable bonds is 6. The lowest BCUT2D eigenvalue weighted by Gasteiger charge is -2.12. The van der Waals surface area contributed by atoms with Gasteiger partial charge in [-0.3, -0.25) is 15.6 Å². The van der Waals surface area contributed by atoms with Crippen LogP contribution in [0, 0.1) is 6.92 Å². The Hall–Kier alpha value is -4.06. The maximum Gasteiger partial charge on any atom is 0.337 e. The van der Waals surface area contributed by atoms with E-state index in [1.165, 1.54) is 18.2 Å². The van der Waals surface area contributed by atoms with Gasteiger partial charge in [0, 0.05) is 18.1 Å². The van der Waals surface area contributed by atoms with Crippen LogP contribution in [0.3, 0.4) is 0 Å². The summed E-state index contributed by atoms with van der Waals surface area (Å²) in [7, 11) is 1.34. The van der Waals surface area contributed by atoms with Crippen LogP contribution in [0.25, 0.3) is 10.9 Å². The summed E-state index contributed by atoms with van der Waals surface area (Å²) >= 11 is 0. The van der Waals surface area contributed by atoms with Crippen LogP contribution >= 0.6 is 0 Å². The fourth-order valence-corrected chi connectivity index (χ4v) is 3.47. The number of carbonyl (C=O) groups excluding carboxylic acids is 2. The van der Waals surface area contributed by atoms with Gasteiger partial charge in [0.05, 0.1) is 29.4 Å². The number of ether oxygens (including phenoxy) is 1. The van der Waals surface area contributed by atoms with E-state index in [0.717, 1.165) is 10.9 Å². The molecule has 0 aliphatic carbocycles. The van der Waals surface area contributed by atoms with Gasteiger partial charge in [0.15, 0.2) is 0 Å². The lowest BCUT2D eigenvalue weighted by Crippen LogP contribution is -2.29. The summed E-state index contributed by atoms with van der Waals surface area (Å²) in [6.07, 6.45) is 2.00. The molecule has 0 spiro atoms. The standard InChI is InChI=1S/C25H23N3O3/c1-17-6-8-18(9-7-17)16-28-15-14-19-4-3-5-22(23(19)28)24(29)27-26-21-12-10-20(11-13-21)25(30)31-2/h3-15,26H,16H2,1-2H3,(H,27,29). The predicted octanol–water partition coefficient (Wildman–Crippen LogP) is 4.54. The Morgan fingerprint density at radius 1 is 0.935 bits per heavy atom. The van der Waals surface area contributed by atoms with Gasteiger partial charge in [-0.25, -0.2) is 4.79 Å². The Balaban J connectivity index is 1.53. The Morgan fingerprint density at radius 2 is 1.68 bits per heavy atom. The van der Waals surface area contributed by atoms with E-state index in [1.807, 2.05) is 30.5 Å². The molecular formula is C25H23N3O3. The molecule has 0 aliphatic heterocycles. The molecule has 0 fully saturated rings. The van der Waals surface area contributed by atoms with E-state index in [0.29, 0.717) is 23.4 Å². The summed E-state index contributed by atoms with van der Waals surface area (Å²) in [5, 5.41) is 1.00. The maximum absolute atomic E-state index is 12.9. The molecule has 1 heterocycles. The van der Waals surface area contributed by atoms with Crippen molar-refractivity contribution in [2.75, 3.05) is 12.5 Å². The zero-order valence-electron chi connectivity index (χ0n) is 17.4. The number of hydrogen-bond acceptors (Lipinski definition) is 4. The third-order valence-electron chi connectivity index (χ3n) is 5.13. The molecule has 0 unspecified atom stereocenters. The molecule has 31 heavy (non-hydrogen) atoms. The van der Waals surface area contributed by atoms with Crippen LogP contribution in [0.15, 0.2) is 79.0 Å². The van der Waals surface area contributed by atoms with E-state index in [4.69, 9.17) is 4.74 Å². The van der Waals surface area contributed by atoms with Gasteiger partial charge in [-0.1, -0.05) is 42.0 Å². The number of fused-ring (bicyclic) bond motifs is 1. The average Bonchev–Trinajstić information content (AvgIpc) is 3.21. The van der Waals surface area contributed by atoms with Crippen molar-refractivity contribution in [3.63, 3.8) is 0 Å². The van der Waals surface area contributed by atoms with Gasteiger partial charge in [-0.05, 0) is 48.9 Å². The van der Waals surface area contributed by atoms with Gasteiger partial charge in [-0.2, -0.15) is 0 Å². The highest BCUT2D eigenvalue weighted by atomic mass is 16.5. The molecule has 4 aromatic rings. The number of aryl methyl sites for hydroxylation is 1. The number of aromatic nitrogens is 1. The number of amides is 1. The van der Waals surface area contributed by atoms with Gasteiger partial charge in [0.25, 0.3) is 5.91 Å². The van der Waals surface area contributed by atoms with Crippen molar-refractivity contribution in [3.8, 4) is 0 Å². The molecular weight excluding hydrogens is 390 g/mol. The van der Waals surface area contributed by atoms with Crippen molar-refractivity contribution in [1.82, 2.24) is 9.99 Å². The van der Waals surface area contributed by atoms with Crippen molar-refractivity contribution in [2.24, 2.45) is 0 Å². The van der Waals surface area contributed by atoms with Crippen LogP contribution < -0.4 is 10.9 Å². The van der Waals surface area contributed by atoms with Gasteiger partial charge >= 0.3 is 5.97 Å². The molecule has 4 rings (SSSR count). The number of benzene rings is 3. The summed E-state index contributed by atoms with van der Waals surface area (Å²) in [6, 6.07) is 22.7. The summed E-state index contributed by atoms with van der Waals surface area (Å²) in [6.45, 7) is 2.74. The van der Waals surface area contributed by atoms with E-state index in [2.05, 4.69) is 46.6 Å². The minimum Gasteiger partial charge on any atom is -0.465 e. The highest BCUT2D eigenvalue weighted by Gasteiger charge is 2.14. The van der Waals surface area contributed by atoms with Gasteiger partial charge in [0.2, 0.25) is 0 Å². The number of esters is 1. The lowest BCUT2D eigenvalue weighted by atomic mass is 10.1. The minimum absolute atomic E-state index is 0.244. The molecule has 0 bridgehead atoms. The van der Waals surface area contributed by atoms with E-state index < -0.39 is 5.97 Å². The number of carbonyl (C=O) groups is 2. The number of nitrogens with one attached hydrogen (secondary N) is 2. The number of anilines is 1. The Labute approximate surface area is 180 Å². The molecule has 6 heteroatoms. The Bertz CT molecular complexity index is 1230. The highest BCUT2D eigenvalue weighted by molar-refractivity contribution is 6.06. The first-order valence-corrected chi connectivity index (χ1v) is 9.93. The van der Waals surface area contributed by atoms with E-state index >= 15 is 0 Å². The first-order valence-electron chi connectivity index (χ1n) is 9.93.